The van der Waals surface area contributed by atoms with Crippen molar-refractivity contribution < 1.29 is 9.59 Å². The van der Waals surface area contributed by atoms with Crippen molar-refractivity contribution in [3.8, 4) is 0 Å². The number of ketones is 1. The highest BCUT2D eigenvalue weighted by Gasteiger charge is 2.19. The van der Waals surface area contributed by atoms with Crippen LogP contribution in [0, 0.1) is 5.92 Å². The average molecular weight is 235 g/mol. The van der Waals surface area contributed by atoms with Crippen molar-refractivity contribution in [3.63, 3.8) is 0 Å². The van der Waals surface area contributed by atoms with E-state index in [-0.39, 0.29) is 24.2 Å². The number of amides is 1. The third-order valence-corrected chi connectivity index (χ3v) is 3.51. The van der Waals surface area contributed by atoms with Crippen molar-refractivity contribution in [1.82, 2.24) is 5.32 Å². The van der Waals surface area contributed by atoms with Gasteiger partial charge < -0.3 is 5.32 Å². The molecule has 0 aliphatic heterocycles. The SMILES string of the molecule is O=C(CNC(=O)C1CC=CC1)c1cccs1. The van der Waals surface area contributed by atoms with Crippen LogP contribution < -0.4 is 5.32 Å². The highest BCUT2D eigenvalue weighted by molar-refractivity contribution is 7.12. The molecule has 1 aromatic rings. The second kappa shape index (κ2) is 5.07. The molecular formula is C12H13NO2S. The van der Waals surface area contributed by atoms with E-state index in [1.165, 1.54) is 11.3 Å². The molecule has 1 aliphatic rings. The zero-order chi connectivity index (χ0) is 11.4. The van der Waals surface area contributed by atoms with E-state index < -0.39 is 0 Å². The number of carbonyl (C=O) groups is 2. The summed E-state index contributed by atoms with van der Waals surface area (Å²) in [6, 6.07) is 3.61. The van der Waals surface area contributed by atoms with Gasteiger partial charge in [0.05, 0.1) is 11.4 Å². The molecule has 1 amide bonds. The van der Waals surface area contributed by atoms with Crippen molar-refractivity contribution in [2.45, 2.75) is 12.8 Å². The molecule has 1 aliphatic carbocycles. The molecule has 0 aromatic carbocycles. The van der Waals surface area contributed by atoms with Gasteiger partial charge in [-0.3, -0.25) is 9.59 Å². The fourth-order valence-corrected chi connectivity index (χ4v) is 2.33. The van der Waals surface area contributed by atoms with E-state index in [9.17, 15) is 9.59 Å². The third kappa shape index (κ3) is 2.58. The van der Waals surface area contributed by atoms with Gasteiger partial charge in [0.15, 0.2) is 5.78 Å². The van der Waals surface area contributed by atoms with Gasteiger partial charge in [0.1, 0.15) is 0 Å². The molecule has 0 spiro atoms. The smallest absolute Gasteiger partial charge is 0.224 e. The summed E-state index contributed by atoms with van der Waals surface area (Å²) in [6.45, 7) is 0.107. The van der Waals surface area contributed by atoms with E-state index in [0.717, 1.165) is 12.8 Å². The molecule has 16 heavy (non-hydrogen) atoms. The number of thiophene rings is 1. The van der Waals surface area contributed by atoms with Gasteiger partial charge in [-0.05, 0) is 24.3 Å². The molecule has 3 nitrogen and oxygen atoms in total. The summed E-state index contributed by atoms with van der Waals surface area (Å²) in [5.41, 5.74) is 0. The Morgan fingerprint density at radius 2 is 2.12 bits per heavy atom. The molecule has 1 heterocycles. The lowest BCUT2D eigenvalue weighted by molar-refractivity contribution is -0.124. The largest absolute Gasteiger partial charge is 0.348 e. The molecule has 0 unspecified atom stereocenters. The molecule has 1 N–H and O–H groups in total. The predicted octanol–water partition coefficient (Wildman–Crippen LogP) is 2.01. The Balaban J connectivity index is 1.79. The molecule has 0 atom stereocenters. The van der Waals surface area contributed by atoms with Crippen LogP contribution in [0.2, 0.25) is 0 Å². The van der Waals surface area contributed by atoms with E-state index in [1.54, 1.807) is 6.07 Å². The summed E-state index contributed by atoms with van der Waals surface area (Å²) < 4.78 is 0. The fourth-order valence-electron chi connectivity index (χ4n) is 1.67. The Morgan fingerprint density at radius 3 is 2.75 bits per heavy atom. The molecule has 1 aromatic heterocycles. The quantitative estimate of drug-likeness (QED) is 0.641. The lowest BCUT2D eigenvalue weighted by atomic mass is 10.1. The van der Waals surface area contributed by atoms with Gasteiger partial charge in [-0.25, -0.2) is 0 Å². The standard InChI is InChI=1S/C12H13NO2S/c14-10(11-6-3-7-16-11)8-13-12(15)9-4-1-2-5-9/h1-3,6-7,9H,4-5,8H2,(H,13,15). The molecule has 4 heteroatoms. The molecule has 0 saturated carbocycles. The van der Waals surface area contributed by atoms with Crippen LogP contribution in [0.15, 0.2) is 29.7 Å². The van der Waals surface area contributed by atoms with Gasteiger partial charge in [0, 0.05) is 5.92 Å². The van der Waals surface area contributed by atoms with E-state index in [1.807, 2.05) is 23.6 Å². The lowest BCUT2D eigenvalue weighted by Crippen LogP contribution is -2.33. The van der Waals surface area contributed by atoms with Crippen molar-refractivity contribution in [1.29, 1.82) is 0 Å². The number of hydrogen-bond donors (Lipinski definition) is 1. The Labute approximate surface area is 98.2 Å². The maximum absolute atomic E-state index is 11.6. The number of allylic oxidation sites excluding steroid dienone is 2. The van der Waals surface area contributed by atoms with E-state index in [4.69, 9.17) is 0 Å². The minimum Gasteiger partial charge on any atom is -0.348 e. The monoisotopic (exact) mass is 235 g/mol. The van der Waals surface area contributed by atoms with Crippen LogP contribution in [0.25, 0.3) is 0 Å². The Hall–Kier alpha value is -1.42. The van der Waals surface area contributed by atoms with Gasteiger partial charge >= 0.3 is 0 Å². The average Bonchev–Trinajstić information content (AvgIpc) is 2.95. The summed E-state index contributed by atoms with van der Waals surface area (Å²) in [7, 11) is 0. The first kappa shape index (κ1) is 11.1. The van der Waals surface area contributed by atoms with E-state index in [0.29, 0.717) is 4.88 Å². The molecular weight excluding hydrogens is 222 g/mol. The van der Waals surface area contributed by atoms with Crippen LogP contribution >= 0.6 is 11.3 Å². The van der Waals surface area contributed by atoms with Crippen LogP contribution in [0.5, 0.6) is 0 Å². The second-order valence-electron chi connectivity index (χ2n) is 3.76. The minimum atomic E-state index is -0.0192. The molecule has 0 bridgehead atoms. The van der Waals surface area contributed by atoms with Gasteiger partial charge in [0.25, 0.3) is 0 Å². The van der Waals surface area contributed by atoms with E-state index >= 15 is 0 Å². The number of rotatable bonds is 4. The van der Waals surface area contributed by atoms with Crippen molar-refractivity contribution in [2.75, 3.05) is 6.54 Å². The third-order valence-electron chi connectivity index (χ3n) is 2.60. The Kier molecular flexibility index (Phi) is 3.51. The topological polar surface area (TPSA) is 46.2 Å². The van der Waals surface area contributed by atoms with Crippen LogP contribution in [0.4, 0.5) is 0 Å². The highest BCUT2D eigenvalue weighted by atomic mass is 32.1. The number of nitrogens with one attached hydrogen (secondary N) is 1. The van der Waals surface area contributed by atoms with Crippen molar-refractivity contribution in [3.05, 3.63) is 34.5 Å². The summed E-state index contributed by atoms with van der Waals surface area (Å²) >= 11 is 1.40. The van der Waals surface area contributed by atoms with Crippen LogP contribution in [-0.2, 0) is 4.79 Å². The van der Waals surface area contributed by atoms with Crippen LogP contribution in [0.1, 0.15) is 22.5 Å². The van der Waals surface area contributed by atoms with Gasteiger partial charge in [0.2, 0.25) is 5.91 Å². The normalized spacial score (nSPS) is 15.2. The molecule has 0 saturated heterocycles. The summed E-state index contributed by atoms with van der Waals surface area (Å²) in [6.07, 6.45) is 5.59. The summed E-state index contributed by atoms with van der Waals surface area (Å²) in [5, 5.41) is 4.55. The number of carbonyl (C=O) groups excluding carboxylic acids is 2. The summed E-state index contributed by atoms with van der Waals surface area (Å²) in [4.78, 5) is 23.9. The molecule has 2 rings (SSSR count). The molecule has 0 fully saturated rings. The predicted molar refractivity (Wildman–Crippen MR) is 63.5 cm³/mol. The second-order valence-corrected chi connectivity index (χ2v) is 4.71. The lowest BCUT2D eigenvalue weighted by Gasteiger charge is -2.09. The van der Waals surface area contributed by atoms with Crippen molar-refractivity contribution >= 4 is 23.0 Å². The first-order valence-electron chi connectivity index (χ1n) is 5.27. The van der Waals surface area contributed by atoms with Gasteiger partial charge in [-0.15, -0.1) is 11.3 Å². The van der Waals surface area contributed by atoms with Crippen LogP contribution in [-0.4, -0.2) is 18.2 Å². The fraction of sp³-hybridized carbons (Fsp3) is 0.333. The van der Waals surface area contributed by atoms with Gasteiger partial charge in [-0.2, -0.15) is 0 Å². The Bertz CT molecular complexity index is 401. The van der Waals surface area contributed by atoms with Crippen molar-refractivity contribution in [2.24, 2.45) is 5.92 Å². The molecule has 84 valence electrons. The Morgan fingerprint density at radius 1 is 1.38 bits per heavy atom. The maximum Gasteiger partial charge on any atom is 0.224 e. The first-order valence-corrected chi connectivity index (χ1v) is 6.15. The maximum atomic E-state index is 11.6. The zero-order valence-electron chi connectivity index (χ0n) is 8.81. The number of hydrogen-bond acceptors (Lipinski definition) is 3. The van der Waals surface area contributed by atoms with Crippen LogP contribution in [0.3, 0.4) is 0 Å². The minimum absolute atomic E-state index is 0.0186. The van der Waals surface area contributed by atoms with E-state index in [2.05, 4.69) is 5.32 Å². The first-order chi connectivity index (χ1) is 7.77. The highest BCUT2D eigenvalue weighted by Crippen LogP contribution is 2.17. The number of Topliss-reactive ketones (excluding diaryl/α,β-unsaturated/α-hetero) is 1. The zero-order valence-corrected chi connectivity index (χ0v) is 9.63. The summed E-state index contributed by atoms with van der Waals surface area (Å²) in [5.74, 6) is -0.0136. The molecule has 0 radical (unpaired) electrons. The van der Waals surface area contributed by atoms with Gasteiger partial charge in [-0.1, -0.05) is 18.2 Å².